The maximum Gasteiger partial charge on any atom is 0.335 e. The maximum absolute atomic E-state index is 13.7. The van der Waals surface area contributed by atoms with Crippen molar-refractivity contribution in [1.82, 2.24) is 0 Å². The lowest BCUT2D eigenvalue weighted by Crippen LogP contribution is -2.09. The number of hydrogen-bond donors (Lipinski definition) is 1. The average molecular weight is 308 g/mol. The van der Waals surface area contributed by atoms with Gasteiger partial charge in [-0.3, -0.25) is 0 Å². The van der Waals surface area contributed by atoms with Crippen LogP contribution in [0.25, 0.3) is 0 Å². The van der Waals surface area contributed by atoms with Crippen LogP contribution in [0.3, 0.4) is 0 Å². The first-order valence-corrected chi connectivity index (χ1v) is 7.76. The zero-order valence-corrected chi connectivity index (χ0v) is 12.0. The topological polar surface area (TPSA) is 71.4 Å². The van der Waals surface area contributed by atoms with Gasteiger partial charge in [0, 0.05) is 0 Å². The maximum atomic E-state index is 13.7. The monoisotopic (exact) mass is 308 g/mol. The third-order valence-electron chi connectivity index (χ3n) is 2.95. The fraction of sp³-hybridized carbons (Fsp3) is 0.133. The Hall–Kier alpha value is -2.21. The summed E-state index contributed by atoms with van der Waals surface area (Å²) in [6.45, 7) is 1.82. The van der Waals surface area contributed by atoms with Crippen molar-refractivity contribution in [3.8, 4) is 0 Å². The van der Waals surface area contributed by atoms with Crippen LogP contribution in [-0.4, -0.2) is 19.5 Å². The van der Waals surface area contributed by atoms with E-state index in [-0.39, 0.29) is 11.3 Å². The Balaban J connectivity index is 2.44. The highest BCUT2D eigenvalue weighted by atomic mass is 32.2. The molecule has 0 aliphatic carbocycles. The van der Waals surface area contributed by atoms with Crippen LogP contribution in [0.2, 0.25) is 0 Å². The van der Waals surface area contributed by atoms with E-state index in [1.54, 1.807) is 18.2 Å². The summed E-state index contributed by atoms with van der Waals surface area (Å²) in [6.07, 6.45) is 0. The Labute approximate surface area is 121 Å². The number of carboxylic acid groups (broad SMARTS) is 1. The van der Waals surface area contributed by atoms with Gasteiger partial charge in [-0.1, -0.05) is 29.8 Å². The molecule has 21 heavy (non-hydrogen) atoms. The summed E-state index contributed by atoms with van der Waals surface area (Å²) in [7, 11) is -3.96. The Kier molecular flexibility index (Phi) is 4.09. The quantitative estimate of drug-likeness (QED) is 0.942. The normalized spacial score (nSPS) is 11.3. The van der Waals surface area contributed by atoms with Crippen molar-refractivity contribution in [2.75, 3.05) is 0 Å². The van der Waals surface area contributed by atoms with Crippen molar-refractivity contribution in [3.05, 3.63) is 65.0 Å². The van der Waals surface area contributed by atoms with Gasteiger partial charge < -0.3 is 5.11 Å². The fourth-order valence-electron chi connectivity index (χ4n) is 1.97. The summed E-state index contributed by atoms with van der Waals surface area (Å²) < 4.78 is 38.3. The number of benzene rings is 2. The summed E-state index contributed by atoms with van der Waals surface area (Å²) in [4.78, 5) is 10.3. The van der Waals surface area contributed by atoms with Gasteiger partial charge in [-0.2, -0.15) is 0 Å². The molecule has 0 spiro atoms. The van der Waals surface area contributed by atoms with E-state index in [1.165, 1.54) is 0 Å². The van der Waals surface area contributed by atoms with Crippen molar-refractivity contribution < 1.29 is 22.7 Å². The SMILES string of the molecule is Cc1cccc(CS(=O)(=O)c2cc(C(=O)O)ccc2F)c1. The number of sulfone groups is 1. The highest BCUT2D eigenvalue weighted by Crippen LogP contribution is 2.21. The molecule has 0 saturated heterocycles. The van der Waals surface area contributed by atoms with Crippen LogP contribution in [0.5, 0.6) is 0 Å². The number of aromatic carboxylic acids is 1. The van der Waals surface area contributed by atoms with Gasteiger partial charge in [-0.25, -0.2) is 17.6 Å². The first kappa shape index (κ1) is 15.2. The molecular weight excluding hydrogens is 295 g/mol. The van der Waals surface area contributed by atoms with Crippen molar-refractivity contribution in [2.45, 2.75) is 17.6 Å². The first-order chi connectivity index (χ1) is 9.79. The Bertz CT molecular complexity index is 797. The van der Waals surface area contributed by atoms with Gasteiger partial charge in [0.05, 0.1) is 11.3 Å². The lowest BCUT2D eigenvalue weighted by Gasteiger charge is -2.07. The number of carbonyl (C=O) groups is 1. The second-order valence-electron chi connectivity index (χ2n) is 4.70. The molecule has 2 aromatic rings. The third kappa shape index (κ3) is 3.46. The number of halogens is 1. The largest absolute Gasteiger partial charge is 0.478 e. The number of hydrogen-bond acceptors (Lipinski definition) is 3. The van der Waals surface area contributed by atoms with E-state index >= 15 is 0 Å². The number of carboxylic acids is 1. The van der Waals surface area contributed by atoms with Crippen LogP contribution in [0.15, 0.2) is 47.4 Å². The van der Waals surface area contributed by atoms with Gasteiger partial charge in [0.15, 0.2) is 9.84 Å². The molecule has 0 bridgehead atoms. The average Bonchev–Trinajstić information content (AvgIpc) is 2.38. The minimum atomic E-state index is -3.96. The molecule has 2 aromatic carbocycles. The summed E-state index contributed by atoms with van der Waals surface area (Å²) in [5.41, 5.74) is 1.15. The van der Waals surface area contributed by atoms with E-state index in [0.717, 1.165) is 23.8 Å². The van der Waals surface area contributed by atoms with Crippen LogP contribution < -0.4 is 0 Å². The first-order valence-electron chi connectivity index (χ1n) is 6.11. The molecule has 110 valence electrons. The molecule has 1 N–H and O–H groups in total. The van der Waals surface area contributed by atoms with Crippen molar-refractivity contribution in [1.29, 1.82) is 0 Å². The molecule has 0 saturated carbocycles. The molecule has 0 aromatic heterocycles. The zero-order chi connectivity index (χ0) is 15.6. The van der Waals surface area contributed by atoms with Crippen molar-refractivity contribution in [2.24, 2.45) is 0 Å². The molecule has 0 amide bonds. The Morgan fingerprint density at radius 3 is 2.52 bits per heavy atom. The zero-order valence-electron chi connectivity index (χ0n) is 11.2. The lowest BCUT2D eigenvalue weighted by atomic mass is 10.2. The summed E-state index contributed by atoms with van der Waals surface area (Å²) in [6, 6.07) is 9.59. The number of aryl methyl sites for hydroxylation is 1. The van der Waals surface area contributed by atoms with E-state index in [0.29, 0.717) is 5.56 Å². The highest BCUT2D eigenvalue weighted by Gasteiger charge is 2.21. The lowest BCUT2D eigenvalue weighted by molar-refractivity contribution is 0.0696. The number of rotatable bonds is 4. The van der Waals surface area contributed by atoms with Crippen LogP contribution in [0, 0.1) is 12.7 Å². The molecule has 0 atom stereocenters. The molecule has 0 heterocycles. The van der Waals surface area contributed by atoms with Crippen molar-refractivity contribution in [3.63, 3.8) is 0 Å². The molecule has 0 aliphatic heterocycles. The molecule has 0 aliphatic rings. The summed E-state index contributed by atoms with van der Waals surface area (Å²) in [5, 5.41) is 8.87. The minimum Gasteiger partial charge on any atom is -0.478 e. The van der Waals surface area contributed by atoms with Crippen LogP contribution in [0.4, 0.5) is 4.39 Å². The Morgan fingerprint density at radius 2 is 1.90 bits per heavy atom. The predicted octanol–water partition coefficient (Wildman–Crippen LogP) is 2.81. The highest BCUT2D eigenvalue weighted by molar-refractivity contribution is 7.90. The standard InChI is InChI=1S/C15H13FO4S/c1-10-3-2-4-11(7-10)9-21(19,20)14-8-12(15(17)18)5-6-13(14)16/h2-8H,9H2,1H3,(H,17,18). The van der Waals surface area contributed by atoms with Crippen LogP contribution >= 0.6 is 0 Å². The Morgan fingerprint density at radius 1 is 1.19 bits per heavy atom. The van der Waals surface area contributed by atoms with Crippen LogP contribution in [0.1, 0.15) is 21.5 Å². The molecule has 0 fully saturated rings. The minimum absolute atomic E-state index is 0.265. The van der Waals surface area contributed by atoms with E-state index in [1.807, 2.05) is 13.0 Å². The molecular formula is C15H13FO4S. The van der Waals surface area contributed by atoms with E-state index < -0.39 is 26.5 Å². The molecule has 0 radical (unpaired) electrons. The fourth-order valence-corrected chi connectivity index (χ4v) is 3.42. The van der Waals surface area contributed by atoms with Gasteiger partial charge in [-0.05, 0) is 30.7 Å². The van der Waals surface area contributed by atoms with Gasteiger partial charge in [0.2, 0.25) is 0 Å². The molecule has 2 rings (SSSR count). The van der Waals surface area contributed by atoms with Gasteiger partial charge in [0.25, 0.3) is 0 Å². The van der Waals surface area contributed by atoms with E-state index in [9.17, 15) is 17.6 Å². The third-order valence-corrected chi connectivity index (χ3v) is 4.65. The van der Waals surface area contributed by atoms with Gasteiger partial charge in [-0.15, -0.1) is 0 Å². The smallest absolute Gasteiger partial charge is 0.335 e. The molecule has 6 heteroatoms. The summed E-state index contributed by atoms with van der Waals surface area (Å²) in [5.74, 6) is -2.64. The van der Waals surface area contributed by atoms with E-state index in [2.05, 4.69) is 0 Å². The van der Waals surface area contributed by atoms with Crippen molar-refractivity contribution >= 4 is 15.8 Å². The van der Waals surface area contributed by atoms with Gasteiger partial charge >= 0.3 is 5.97 Å². The van der Waals surface area contributed by atoms with Gasteiger partial charge in [0.1, 0.15) is 10.7 Å². The summed E-state index contributed by atoms with van der Waals surface area (Å²) >= 11 is 0. The second kappa shape index (κ2) is 5.65. The van der Waals surface area contributed by atoms with Crippen LogP contribution in [-0.2, 0) is 15.6 Å². The predicted molar refractivity (Wildman–Crippen MR) is 75.4 cm³/mol. The van der Waals surface area contributed by atoms with E-state index in [4.69, 9.17) is 5.11 Å². The molecule has 0 unspecified atom stereocenters. The molecule has 4 nitrogen and oxygen atoms in total. The second-order valence-corrected chi connectivity index (χ2v) is 6.66.